The van der Waals surface area contributed by atoms with Gasteiger partial charge in [-0.3, -0.25) is 9.48 Å². The molecule has 162 valence electrons. The van der Waals surface area contributed by atoms with Gasteiger partial charge in [-0.15, -0.1) is 0 Å². The average Bonchev–Trinajstić information content (AvgIpc) is 3.04. The lowest BCUT2D eigenvalue weighted by molar-refractivity contribution is 0.0183. The van der Waals surface area contributed by atoms with Crippen LogP contribution in [0.1, 0.15) is 55.7 Å². The number of aromatic nitrogens is 3. The van der Waals surface area contributed by atoms with Gasteiger partial charge >= 0.3 is 6.09 Å². The molecule has 10 heteroatoms. The fourth-order valence-electron chi connectivity index (χ4n) is 3.29. The molecule has 2 amide bonds. The van der Waals surface area contributed by atoms with E-state index in [1.54, 1.807) is 15.8 Å². The number of likely N-dealkylation sites (tertiary alicyclic amines) is 1. The van der Waals surface area contributed by atoms with E-state index in [1.165, 1.54) is 6.20 Å². The third kappa shape index (κ3) is 5.42. The Labute approximate surface area is 194 Å². The highest BCUT2D eigenvalue weighted by molar-refractivity contribution is 14.1. The van der Waals surface area contributed by atoms with Crippen molar-refractivity contribution in [3.63, 3.8) is 0 Å². The standard InChI is InChI=1S/C20H25ClIN5O3/c1-12-9-13(22)10-23-17(12)25-18(28)16-15(21)11-24-27(16)14-5-7-26(8-6-14)19(29)30-20(2,3)4/h9-11,14H,5-8H2,1-4H3,(H,23,25,28). The monoisotopic (exact) mass is 545 g/mol. The van der Waals surface area contributed by atoms with Crippen LogP contribution in [0.4, 0.5) is 10.6 Å². The second-order valence-corrected chi connectivity index (χ2v) is 9.91. The van der Waals surface area contributed by atoms with Crippen LogP contribution in [-0.4, -0.2) is 50.4 Å². The highest BCUT2D eigenvalue weighted by atomic mass is 127. The quantitative estimate of drug-likeness (QED) is 0.566. The molecule has 0 radical (unpaired) electrons. The molecule has 1 N–H and O–H groups in total. The predicted octanol–water partition coefficient (Wildman–Crippen LogP) is 4.67. The van der Waals surface area contributed by atoms with Crippen LogP contribution in [0.15, 0.2) is 18.5 Å². The number of nitrogens with one attached hydrogen (secondary N) is 1. The summed E-state index contributed by atoms with van der Waals surface area (Å²) in [5, 5.41) is 7.45. The van der Waals surface area contributed by atoms with Gasteiger partial charge in [-0.25, -0.2) is 9.78 Å². The molecule has 0 spiro atoms. The maximum Gasteiger partial charge on any atom is 0.410 e. The normalized spacial score (nSPS) is 15.2. The zero-order valence-corrected chi connectivity index (χ0v) is 20.3. The fraction of sp³-hybridized carbons (Fsp3) is 0.500. The summed E-state index contributed by atoms with van der Waals surface area (Å²) in [6.07, 6.45) is 4.15. The molecule has 2 aromatic heterocycles. The molecule has 0 atom stereocenters. The Hall–Kier alpha value is -1.88. The minimum Gasteiger partial charge on any atom is -0.444 e. The molecule has 1 aliphatic rings. The molecule has 1 fully saturated rings. The lowest BCUT2D eigenvalue weighted by atomic mass is 10.1. The maximum absolute atomic E-state index is 12.9. The Balaban J connectivity index is 1.70. The topological polar surface area (TPSA) is 89.4 Å². The SMILES string of the molecule is Cc1cc(I)cnc1NC(=O)c1c(Cl)cnn1C1CCN(C(=O)OC(C)(C)C)CC1. The van der Waals surface area contributed by atoms with E-state index in [0.29, 0.717) is 37.4 Å². The smallest absolute Gasteiger partial charge is 0.410 e. The number of carbonyl (C=O) groups excluding carboxylic acids is 2. The van der Waals surface area contributed by atoms with Crippen molar-refractivity contribution in [2.75, 3.05) is 18.4 Å². The van der Waals surface area contributed by atoms with Crippen molar-refractivity contribution in [2.24, 2.45) is 0 Å². The first kappa shape index (κ1) is 22.8. The van der Waals surface area contributed by atoms with Crippen LogP contribution in [0.5, 0.6) is 0 Å². The predicted molar refractivity (Wildman–Crippen MR) is 123 cm³/mol. The van der Waals surface area contributed by atoms with E-state index in [2.05, 4.69) is 38.0 Å². The van der Waals surface area contributed by atoms with Crippen LogP contribution < -0.4 is 5.32 Å². The molecular formula is C20H25ClIN5O3. The summed E-state index contributed by atoms with van der Waals surface area (Å²) in [6, 6.07) is 1.90. The summed E-state index contributed by atoms with van der Waals surface area (Å²) in [7, 11) is 0. The number of rotatable bonds is 3. The molecule has 3 rings (SSSR count). The average molecular weight is 546 g/mol. The zero-order chi connectivity index (χ0) is 22.1. The van der Waals surface area contributed by atoms with Crippen LogP contribution in [0.3, 0.4) is 0 Å². The number of amides is 2. The molecule has 0 aliphatic carbocycles. The van der Waals surface area contributed by atoms with Gasteiger partial charge in [0.1, 0.15) is 17.1 Å². The number of piperidine rings is 1. The molecule has 1 aliphatic heterocycles. The minimum absolute atomic E-state index is 0.0392. The van der Waals surface area contributed by atoms with E-state index in [9.17, 15) is 9.59 Å². The maximum atomic E-state index is 12.9. The van der Waals surface area contributed by atoms with E-state index >= 15 is 0 Å². The lowest BCUT2D eigenvalue weighted by Crippen LogP contribution is -2.42. The van der Waals surface area contributed by atoms with Gasteiger partial charge in [0.05, 0.1) is 17.3 Å². The number of halogens is 2. The molecule has 1 saturated heterocycles. The highest BCUT2D eigenvalue weighted by Crippen LogP contribution is 2.28. The number of pyridine rings is 1. The first-order chi connectivity index (χ1) is 14.0. The van der Waals surface area contributed by atoms with Crippen LogP contribution in [0.2, 0.25) is 5.02 Å². The van der Waals surface area contributed by atoms with Crippen molar-refractivity contribution in [3.05, 3.63) is 38.3 Å². The second-order valence-electron chi connectivity index (χ2n) is 8.26. The van der Waals surface area contributed by atoms with Gasteiger partial charge in [0.2, 0.25) is 0 Å². The van der Waals surface area contributed by atoms with Gasteiger partial charge in [0, 0.05) is 22.9 Å². The Morgan fingerprint density at radius 3 is 2.53 bits per heavy atom. The molecule has 0 bridgehead atoms. The van der Waals surface area contributed by atoms with Gasteiger partial charge in [-0.05, 0) is 74.8 Å². The van der Waals surface area contributed by atoms with Crippen LogP contribution in [0.25, 0.3) is 0 Å². The van der Waals surface area contributed by atoms with Crippen LogP contribution in [-0.2, 0) is 4.74 Å². The highest BCUT2D eigenvalue weighted by Gasteiger charge is 2.30. The van der Waals surface area contributed by atoms with Crippen molar-refractivity contribution in [3.8, 4) is 0 Å². The first-order valence-electron chi connectivity index (χ1n) is 9.69. The molecule has 3 heterocycles. The van der Waals surface area contributed by atoms with Crippen molar-refractivity contribution in [1.29, 1.82) is 0 Å². The van der Waals surface area contributed by atoms with Crippen molar-refractivity contribution < 1.29 is 14.3 Å². The molecule has 2 aromatic rings. The Morgan fingerprint density at radius 2 is 1.93 bits per heavy atom. The summed E-state index contributed by atoms with van der Waals surface area (Å²) in [4.78, 5) is 31.2. The second kappa shape index (κ2) is 9.09. The van der Waals surface area contributed by atoms with E-state index in [1.807, 2.05) is 33.8 Å². The number of hydrogen-bond donors (Lipinski definition) is 1. The minimum atomic E-state index is -0.531. The van der Waals surface area contributed by atoms with E-state index in [-0.39, 0.29) is 23.1 Å². The number of hydrogen-bond acceptors (Lipinski definition) is 5. The Morgan fingerprint density at radius 1 is 1.27 bits per heavy atom. The molecule has 0 aromatic carbocycles. The van der Waals surface area contributed by atoms with Crippen molar-refractivity contribution >= 4 is 52.0 Å². The van der Waals surface area contributed by atoms with E-state index in [4.69, 9.17) is 16.3 Å². The number of aryl methyl sites for hydroxylation is 1. The number of nitrogens with zero attached hydrogens (tertiary/aromatic N) is 4. The summed E-state index contributed by atoms with van der Waals surface area (Å²) in [5.74, 6) is 0.132. The third-order valence-electron chi connectivity index (χ3n) is 4.70. The van der Waals surface area contributed by atoms with Gasteiger partial charge in [-0.2, -0.15) is 5.10 Å². The summed E-state index contributed by atoms with van der Waals surface area (Å²) >= 11 is 8.46. The van der Waals surface area contributed by atoms with Gasteiger partial charge in [0.15, 0.2) is 0 Å². The van der Waals surface area contributed by atoms with Crippen molar-refractivity contribution in [1.82, 2.24) is 19.7 Å². The molecule has 30 heavy (non-hydrogen) atoms. The fourth-order valence-corrected chi connectivity index (χ4v) is 4.11. The lowest BCUT2D eigenvalue weighted by Gasteiger charge is -2.33. The van der Waals surface area contributed by atoms with Gasteiger partial charge < -0.3 is 15.0 Å². The number of anilines is 1. The van der Waals surface area contributed by atoms with Crippen LogP contribution >= 0.6 is 34.2 Å². The number of carbonyl (C=O) groups is 2. The van der Waals surface area contributed by atoms with Crippen molar-refractivity contribution in [2.45, 2.75) is 52.2 Å². The Kier molecular flexibility index (Phi) is 6.91. The summed E-state index contributed by atoms with van der Waals surface area (Å²) < 4.78 is 8.09. The van der Waals surface area contributed by atoms with E-state index in [0.717, 1.165) is 9.13 Å². The largest absolute Gasteiger partial charge is 0.444 e. The third-order valence-corrected chi connectivity index (χ3v) is 5.57. The molecule has 0 unspecified atom stereocenters. The first-order valence-corrected chi connectivity index (χ1v) is 11.2. The zero-order valence-electron chi connectivity index (χ0n) is 17.4. The summed E-state index contributed by atoms with van der Waals surface area (Å²) in [5.41, 5.74) is 0.631. The molecule has 0 saturated carbocycles. The number of ether oxygens (including phenoxy) is 1. The van der Waals surface area contributed by atoms with E-state index < -0.39 is 5.60 Å². The molecule has 8 nitrogen and oxygen atoms in total. The summed E-state index contributed by atoms with van der Waals surface area (Å²) in [6.45, 7) is 8.47. The Bertz CT molecular complexity index is 948. The van der Waals surface area contributed by atoms with Crippen LogP contribution in [0, 0.1) is 10.5 Å². The van der Waals surface area contributed by atoms with Gasteiger partial charge in [0.25, 0.3) is 5.91 Å². The molecular weight excluding hydrogens is 521 g/mol. The van der Waals surface area contributed by atoms with Gasteiger partial charge in [-0.1, -0.05) is 11.6 Å².